The van der Waals surface area contributed by atoms with Gasteiger partial charge in [-0.1, -0.05) is 19.9 Å². The Morgan fingerprint density at radius 3 is 2.33 bits per heavy atom. The first-order valence-electron chi connectivity index (χ1n) is 3.49. The van der Waals surface area contributed by atoms with Crippen molar-refractivity contribution in [2.45, 2.75) is 20.3 Å². The fraction of sp³-hybridized carbons (Fsp3) is 0.750. The predicted molar refractivity (Wildman–Crippen MR) is 40.2 cm³/mol. The molecule has 0 radical (unpaired) electrons. The average molecular weight is 128 g/mol. The highest BCUT2D eigenvalue weighted by Crippen LogP contribution is 2.14. The molecule has 0 heterocycles. The highest BCUT2D eigenvalue weighted by atomic mass is 16.3. The molecule has 0 aliphatic carbocycles. The number of hydrogen-bond acceptors (Lipinski definition) is 1. The van der Waals surface area contributed by atoms with Gasteiger partial charge in [-0.3, -0.25) is 0 Å². The largest absolute Gasteiger partial charge is 0.396 e. The Morgan fingerprint density at radius 1 is 1.67 bits per heavy atom. The van der Waals surface area contributed by atoms with E-state index in [9.17, 15) is 0 Å². The van der Waals surface area contributed by atoms with Crippen molar-refractivity contribution in [3.05, 3.63) is 12.7 Å². The number of aliphatic hydroxyl groups excluding tert-OH is 1. The molecule has 9 heavy (non-hydrogen) atoms. The van der Waals surface area contributed by atoms with Gasteiger partial charge >= 0.3 is 0 Å². The lowest BCUT2D eigenvalue weighted by Crippen LogP contribution is -2.11. The maximum absolute atomic E-state index is 8.72. The highest BCUT2D eigenvalue weighted by Gasteiger charge is 2.09. The molecule has 0 aromatic heterocycles. The molecule has 1 nitrogen and oxygen atoms in total. The van der Waals surface area contributed by atoms with Crippen LogP contribution in [0.5, 0.6) is 0 Å². The summed E-state index contributed by atoms with van der Waals surface area (Å²) in [6, 6.07) is 0. The highest BCUT2D eigenvalue weighted by molar-refractivity contribution is 4.81. The van der Waals surface area contributed by atoms with Gasteiger partial charge in [0.05, 0.1) is 0 Å². The second kappa shape index (κ2) is 4.57. The van der Waals surface area contributed by atoms with Crippen LogP contribution in [-0.2, 0) is 0 Å². The number of aliphatic hydroxyl groups is 1. The van der Waals surface area contributed by atoms with E-state index in [2.05, 4.69) is 13.5 Å². The smallest absolute Gasteiger partial charge is 0.0462 e. The van der Waals surface area contributed by atoms with Crippen LogP contribution in [-0.4, -0.2) is 11.7 Å². The Hall–Kier alpha value is -0.300. The molecule has 0 unspecified atom stereocenters. The van der Waals surface area contributed by atoms with E-state index in [0.29, 0.717) is 11.8 Å². The minimum atomic E-state index is 0.268. The standard InChI is InChI=1S/C8H16O/c1-4-8(5-2)7(3)6-9/h4,7-9H,1,5-6H2,2-3H3/t7-,8-/m1/s1. The van der Waals surface area contributed by atoms with Crippen molar-refractivity contribution in [2.24, 2.45) is 11.8 Å². The van der Waals surface area contributed by atoms with Gasteiger partial charge in [0, 0.05) is 6.61 Å². The second-order valence-electron chi connectivity index (χ2n) is 2.47. The summed E-state index contributed by atoms with van der Waals surface area (Å²) in [5.41, 5.74) is 0. The van der Waals surface area contributed by atoms with Gasteiger partial charge in [0.2, 0.25) is 0 Å². The lowest BCUT2D eigenvalue weighted by atomic mass is 9.93. The van der Waals surface area contributed by atoms with Crippen LogP contribution in [0, 0.1) is 11.8 Å². The van der Waals surface area contributed by atoms with Crippen LogP contribution in [0.2, 0.25) is 0 Å². The van der Waals surface area contributed by atoms with Crippen molar-refractivity contribution in [3.8, 4) is 0 Å². The molecule has 0 rings (SSSR count). The number of allylic oxidation sites excluding steroid dienone is 1. The molecule has 0 aliphatic rings. The third-order valence-corrected chi connectivity index (χ3v) is 1.79. The quantitative estimate of drug-likeness (QED) is 0.573. The molecule has 0 fully saturated rings. The van der Waals surface area contributed by atoms with Crippen LogP contribution in [0.3, 0.4) is 0 Å². The van der Waals surface area contributed by atoms with E-state index in [0.717, 1.165) is 6.42 Å². The normalized spacial score (nSPS) is 16.8. The van der Waals surface area contributed by atoms with Gasteiger partial charge < -0.3 is 5.11 Å². The van der Waals surface area contributed by atoms with E-state index in [1.807, 2.05) is 13.0 Å². The van der Waals surface area contributed by atoms with Crippen LogP contribution >= 0.6 is 0 Å². The van der Waals surface area contributed by atoms with E-state index in [1.165, 1.54) is 0 Å². The summed E-state index contributed by atoms with van der Waals surface area (Å²) in [7, 11) is 0. The van der Waals surface area contributed by atoms with Crippen molar-refractivity contribution in [1.82, 2.24) is 0 Å². The first-order valence-corrected chi connectivity index (χ1v) is 3.49. The third kappa shape index (κ3) is 2.66. The molecule has 0 aliphatic heterocycles. The van der Waals surface area contributed by atoms with Gasteiger partial charge in [-0.2, -0.15) is 0 Å². The molecule has 0 aromatic carbocycles. The Labute approximate surface area is 57.4 Å². The Bertz CT molecular complexity index is 78.6. The topological polar surface area (TPSA) is 20.2 Å². The van der Waals surface area contributed by atoms with Gasteiger partial charge in [-0.15, -0.1) is 6.58 Å². The van der Waals surface area contributed by atoms with E-state index >= 15 is 0 Å². The van der Waals surface area contributed by atoms with Crippen LogP contribution < -0.4 is 0 Å². The van der Waals surface area contributed by atoms with Gasteiger partial charge in [0.1, 0.15) is 0 Å². The fourth-order valence-electron chi connectivity index (χ4n) is 0.937. The second-order valence-corrected chi connectivity index (χ2v) is 2.47. The van der Waals surface area contributed by atoms with Crippen LogP contribution in [0.4, 0.5) is 0 Å². The summed E-state index contributed by atoms with van der Waals surface area (Å²) in [6.07, 6.45) is 2.99. The molecule has 0 bridgehead atoms. The number of hydrogen-bond donors (Lipinski definition) is 1. The first-order chi connectivity index (χ1) is 4.26. The van der Waals surface area contributed by atoms with Crippen molar-refractivity contribution in [1.29, 1.82) is 0 Å². The van der Waals surface area contributed by atoms with Crippen molar-refractivity contribution in [3.63, 3.8) is 0 Å². The minimum Gasteiger partial charge on any atom is -0.396 e. The molecule has 0 saturated heterocycles. The lowest BCUT2D eigenvalue weighted by Gasteiger charge is -2.15. The van der Waals surface area contributed by atoms with E-state index in [4.69, 9.17) is 5.11 Å². The Morgan fingerprint density at radius 2 is 2.22 bits per heavy atom. The van der Waals surface area contributed by atoms with Crippen molar-refractivity contribution < 1.29 is 5.11 Å². The molecule has 0 aromatic rings. The summed E-state index contributed by atoms with van der Waals surface area (Å²) in [5, 5.41) is 8.72. The third-order valence-electron chi connectivity index (χ3n) is 1.79. The summed E-state index contributed by atoms with van der Waals surface area (Å²) in [6.45, 7) is 8.11. The Kier molecular flexibility index (Phi) is 4.41. The summed E-state index contributed by atoms with van der Waals surface area (Å²) in [5.74, 6) is 0.850. The molecule has 0 saturated carbocycles. The van der Waals surface area contributed by atoms with Crippen LogP contribution in [0.1, 0.15) is 20.3 Å². The van der Waals surface area contributed by atoms with Crippen LogP contribution in [0.15, 0.2) is 12.7 Å². The molecule has 0 amide bonds. The van der Waals surface area contributed by atoms with Crippen molar-refractivity contribution >= 4 is 0 Å². The average Bonchev–Trinajstić information content (AvgIpc) is 1.90. The van der Waals surface area contributed by atoms with Gasteiger partial charge in [0.15, 0.2) is 0 Å². The molecular formula is C8H16O. The van der Waals surface area contributed by atoms with E-state index in [-0.39, 0.29) is 6.61 Å². The van der Waals surface area contributed by atoms with Gasteiger partial charge in [0.25, 0.3) is 0 Å². The number of rotatable bonds is 4. The zero-order chi connectivity index (χ0) is 7.28. The summed E-state index contributed by atoms with van der Waals surface area (Å²) < 4.78 is 0. The summed E-state index contributed by atoms with van der Waals surface area (Å²) >= 11 is 0. The zero-order valence-corrected chi connectivity index (χ0v) is 6.30. The van der Waals surface area contributed by atoms with Gasteiger partial charge in [-0.25, -0.2) is 0 Å². The van der Waals surface area contributed by atoms with E-state index < -0.39 is 0 Å². The fourth-order valence-corrected chi connectivity index (χ4v) is 0.937. The zero-order valence-electron chi connectivity index (χ0n) is 6.30. The van der Waals surface area contributed by atoms with E-state index in [1.54, 1.807) is 0 Å². The summed E-state index contributed by atoms with van der Waals surface area (Å²) in [4.78, 5) is 0. The molecule has 0 spiro atoms. The molecular weight excluding hydrogens is 112 g/mol. The minimum absolute atomic E-state index is 0.268. The van der Waals surface area contributed by atoms with Crippen molar-refractivity contribution in [2.75, 3.05) is 6.61 Å². The molecule has 2 atom stereocenters. The molecule has 54 valence electrons. The maximum atomic E-state index is 8.72. The maximum Gasteiger partial charge on any atom is 0.0462 e. The van der Waals surface area contributed by atoms with Gasteiger partial charge in [-0.05, 0) is 18.3 Å². The monoisotopic (exact) mass is 128 g/mol. The predicted octanol–water partition coefficient (Wildman–Crippen LogP) is 1.83. The molecule has 1 N–H and O–H groups in total. The lowest BCUT2D eigenvalue weighted by molar-refractivity contribution is 0.204. The first kappa shape index (κ1) is 8.70. The van der Waals surface area contributed by atoms with Crippen LogP contribution in [0.25, 0.3) is 0 Å². The Balaban J connectivity index is 3.63. The molecule has 1 heteroatoms. The SMILES string of the molecule is C=C[C@H](CC)[C@H](C)CO.